The number of ether oxygens (including phenoxy) is 1. The molecule has 3 heterocycles. The summed E-state index contributed by atoms with van der Waals surface area (Å²) in [7, 11) is 0. The second-order valence-electron chi connectivity index (χ2n) is 7.62. The number of aromatic nitrogens is 4. The number of nitrogens with one attached hydrogen (secondary N) is 1. The minimum Gasteiger partial charge on any atom is -0.493 e. The predicted octanol–water partition coefficient (Wildman–Crippen LogP) is 3.29. The Labute approximate surface area is 179 Å². The quantitative estimate of drug-likeness (QED) is 0.645. The molecule has 0 bridgehead atoms. The van der Waals surface area contributed by atoms with Gasteiger partial charge in [-0.05, 0) is 39.3 Å². The van der Waals surface area contributed by atoms with E-state index < -0.39 is 0 Å². The van der Waals surface area contributed by atoms with E-state index >= 15 is 0 Å². The maximum absolute atomic E-state index is 11.9. The summed E-state index contributed by atoms with van der Waals surface area (Å²) in [4.78, 5) is 20.4. The molecular weight excluding hydrogens is 404 g/mol. The number of hydrogen-bond acceptors (Lipinski definition) is 6. The summed E-state index contributed by atoms with van der Waals surface area (Å²) in [6.07, 6.45) is 1.86. The molecule has 2 unspecified atom stereocenters. The van der Waals surface area contributed by atoms with E-state index in [1.165, 1.54) is 6.33 Å². The van der Waals surface area contributed by atoms with Gasteiger partial charge in [0, 0.05) is 35.0 Å². The summed E-state index contributed by atoms with van der Waals surface area (Å²) in [6.45, 7) is 8.89. The third kappa shape index (κ3) is 3.25. The fourth-order valence-electron chi connectivity index (χ4n) is 4.25. The fourth-order valence-corrected chi connectivity index (χ4v) is 4.47. The van der Waals surface area contributed by atoms with Crippen LogP contribution in [0.15, 0.2) is 12.4 Å². The van der Waals surface area contributed by atoms with Gasteiger partial charge < -0.3 is 15.8 Å². The first kappa shape index (κ1) is 20.4. The molecule has 4 rings (SSSR count). The van der Waals surface area contributed by atoms with Gasteiger partial charge in [-0.15, -0.1) is 0 Å². The van der Waals surface area contributed by atoms with E-state index in [9.17, 15) is 4.79 Å². The lowest BCUT2D eigenvalue weighted by Gasteiger charge is -2.25. The van der Waals surface area contributed by atoms with Gasteiger partial charge in [0.05, 0.1) is 23.7 Å². The van der Waals surface area contributed by atoms with E-state index in [0.29, 0.717) is 36.1 Å². The van der Waals surface area contributed by atoms with Crippen LogP contribution < -0.4 is 15.8 Å². The van der Waals surface area contributed by atoms with Crippen LogP contribution >= 0.6 is 11.6 Å². The lowest BCUT2D eigenvalue weighted by atomic mass is 9.89. The molecule has 8 nitrogen and oxygen atoms in total. The number of benzene rings is 1. The molecule has 0 spiro atoms. The zero-order valence-corrected chi connectivity index (χ0v) is 18.2. The molecule has 1 amide bonds. The zero-order chi connectivity index (χ0) is 21.6. The van der Waals surface area contributed by atoms with Crippen molar-refractivity contribution in [3.8, 4) is 5.75 Å². The highest BCUT2D eigenvalue weighted by molar-refractivity contribution is 6.31. The van der Waals surface area contributed by atoms with Crippen LogP contribution in [0.3, 0.4) is 0 Å². The number of nitrogens with two attached hydrogens (primary N) is 1. The largest absolute Gasteiger partial charge is 0.493 e. The smallest absolute Gasteiger partial charge is 0.220 e. The Morgan fingerprint density at radius 2 is 2.17 bits per heavy atom. The summed E-state index contributed by atoms with van der Waals surface area (Å²) in [5, 5.41) is 8.98. The predicted molar refractivity (Wildman–Crippen MR) is 116 cm³/mol. The first-order valence-electron chi connectivity index (χ1n) is 10.0. The second kappa shape index (κ2) is 7.75. The number of fused-ring (bicyclic) bond motifs is 1. The number of nitrogen functional groups attached to an aromatic ring is 1. The number of hydrogen-bond donors (Lipinski definition) is 2. The first-order chi connectivity index (χ1) is 14.3. The van der Waals surface area contributed by atoms with E-state index in [2.05, 4.69) is 20.4 Å². The highest BCUT2D eigenvalue weighted by Crippen LogP contribution is 2.43. The maximum atomic E-state index is 11.9. The van der Waals surface area contributed by atoms with Gasteiger partial charge in [-0.2, -0.15) is 5.10 Å². The van der Waals surface area contributed by atoms with E-state index in [4.69, 9.17) is 22.1 Å². The van der Waals surface area contributed by atoms with Crippen molar-refractivity contribution in [3.63, 3.8) is 0 Å². The number of anilines is 1. The Balaban J connectivity index is 1.91. The minimum absolute atomic E-state index is 0.0118. The van der Waals surface area contributed by atoms with Crippen molar-refractivity contribution in [2.24, 2.45) is 0 Å². The summed E-state index contributed by atoms with van der Waals surface area (Å²) in [5.74, 6) is 1.21. The van der Waals surface area contributed by atoms with Crippen LogP contribution in [0.1, 0.15) is 54.6 Å². The standard InChI is InChI=1S/C21H25ClN6O2/c1-5-30-19-14(7-15(22)10(2)17(19)13-6-16(29)24-8-13)12(4)28-21-18(11(3)27-28)20(23)25-9-26-21/h7,9,12-13H,5-6,8H2,1-4H3,(H,24,29)(H2,23,25,26). The fraction of sp³-hybridized carbons (Fsp3) is 0.429. The number of nitrogens with zero attached hydrogens (tertiary/aromatic N) is 4. The van der Waals surface area contributed by atoms with Crippen LogP contribution in [0.4, 0.5) is 5.82 Å². The highest BCUT2D eigenvalue weighted by atomic mass is 35.5. The summed E-state index contributed by atoms with van der Waals surface area (Å²) < 4.78 is 7.97. The summed E-state index contributed by atoms with van der Waals surface area (Å²) in [6, 6.07) is 1.70. The van der Waals surface area contributed by atoms with Crippen LogP contribution in [-0.4, -0.2) is 38.8 Å². The van der Waals surface area contributed by atoms with Crippen molar-refractivity contribution < 1.29 is 9.53 Å². The van der Waals surface area contributed by atoms with E-state index in [0.717, 1.165) is 33.5 Å². The topological polar surface area (TPSA) is 108 Å². The van der Waals surface area contributed by atoms with Crippen molar-refractivity contribution in [2.75, 3.05) is 18.9 Å². The van der Waals surface area contributed by atoms with Gasteiger partial charge in [0.2, 0.25) is 5.91 Å². The normalized spacial score (nSPS) is 17.4. The minimum atomic E-state index is -0.223. The first-order valence-corrected chi connectivity index (χ1v) is 10.4. The molecule has 30 heavy (non-hydrogen) atoms. The molecule has 0 radical (unpaired) electrons. The second-order valence-corrected chi connectivity index (χ2v) is 8.02. The zero-order valence-electron chi connectivity index (χ0n) is 17.5. The van der Waals surface area contributed by atoms with Gasteiger partial charge in [0.15, 0.2) is 5.65 Å². The van der Waals surface area contributed by atoms with Crippen molar-refractivity contribution >= 4 is 34.4 Å². The molecule has 3 aromatic rings. The van der Waals surface area contributed by atoms with Crippen LogP contribution in [0.2, 0.25) is 5.02 Å². The number of halogens is 1. The molecule has 0 aliphatic carbocycles. The maximum Gasteiger partial charge on any atom is 0.220 e. The average Bonchev–Trinajstić information content (AvgIpc) is 3.28. The SMILES string of the molecule is CCOc1c(C(C)n2nc(C)c3c(N)ncnc32)cc(Cl)c(C)c1C1CNC(=O)C1. The van der Waals surface area contributed by atoms with E-state index in [1.807, 2.05) is 38.4 Å². The monoisotopic (exact) mass is 428 g/mol. The lowest BCUT2D eigenvalue weighted by Crippen LogP contribution is -2.16. The Hall–Kier alpha value is -2.87. The van der Waals surface area contributed by atoms with Crippen molar-refractivity contribution in [3.05, 3.63) is 39.8 Å². The molecular formula is C21H25ClN6O2. The Morgan fingerprint density at radius 3 is 2.83 bits per heavy atom. The molecule has 3 N–H and O–H groups in total. The van der Waals surface area contributed by atoms with Gasteiger partial charge in [-0.25, -0.2) is 14.6 Å². The molecule has 2 atom stereocenters. The lowest BCUT2D eigenvalue weighted by molar-refractivity contribution is -0.119. The van der Waals surface area contributed by atoms with Crippen LogP contribution in [0.5, 0.6) is 5.75 Å². The third-order valence-corrected chi connectivity index (χ3v) is 6.13. The molecule has 2 aromatic heterocycles. The molecule has 1 aliphatic rings. The molecule has 9 heteroatoms. The number of rotatable bonds is 5. The number of amides is 1. The van der Waals surface area contributed by atoms with Crippen LogP contribution in [0, 0.1) is 13.8 Å². The molecule has 1 fully saturated rings. The summed E-state index contributed by atoms with van der Waals surface area (Å²) >= 11 is 6.65. The van der Waals surface area contributed by atoms with Crippen molar-refractivity contribution in [2.45, 2.75) is 46.1 Å². The van der Waals surface area contributed by atoms with Gasteiger partial charge in [0.25, 0.3) is 0 Å². The Kier molecular flexibility index (Phi) is 5.27. The van der Waals surface area contributed by atoms with Gasteiger partial charge in [0.1, 0.15) is 17.9 Å². The van der Waals surface area contributed by atoms with Gasteiger partial charge >= 0.3 is 0 Å². The highest BCUT2D eigenvalue weighted by Gasteiger charge is 2.31. The molecule has 1 aromatic carbocycles. The van der Waals surface area contributed by atoms with Gasteiger partial charge in [-0.3, -0.25) is 4.79 Å². The number of aryl methyl sites for hydroxylation is 1. The van der Waals surface area contributed by atoms with E-state index in [1.54, 1.807) is 0 Å². The molecule has 1 aliphatic heterocycles. The van der Waals surface area contributed by atoms with E-state index in [-0.39, 0.29) is 17.9 Å². The van der Waals surface area contributed by atoms with Crippen molar-refractivity contribution in [1.82, 2.24) is 25.1 Å². The molecule has 0 saturated carbocycles. The number of carbonyl (C=O) groups is 1. The molecule has 1 saturated heterocycles. The van der Waals surface area contributed by atoms with Crippen molar-refractivity contribution in [1.29, 1.82) is 0 Å². The Morgan fingerprint density at radius 1 is 1.40 bits per heavy atom. The van der Waals surface area contributed by atoms with Crippen LogP contribution in [0.25, 0.3) is 11.0 Å². The van der Waals surface area contributed by atoms with Gasteiger partial charge in [-0.1, -0.05) is 11.6 Å². The number of carbonyl (C=O) groups excluding carboxylic acids is 1. The average molecular weight is 429 g/mol. The Bertz CT molecular complexity index is 1140. The molecule has 158 valence electrons. The summed E-state index contributed by atoms with van der Waals surface area (Å²) in [5.41, 5.74) is 10.3. The third-order valence-electron chi connectivity index (χ3n) is 5.74. The van der Waals surface area contributed by atoms with Crippen LogP contribution in [-0.2, 0) is 4.79 Å².